The fourth-order valence-electron chi connectivity index (χ4n) is 1.92. The molecule has 0 aliphatic carbocycles. The van der Waals surface area contributed by atoms with Crippen LogP contribution >= 0.6 is 0 Å². The molecule has 1 amide bonds. The van der Waals surface area contributed by atoms with E-state index >= 15 is 0 Å². The number of amides is 1. The summed E-state index contributed by atoms with van der Waals surface area (Å²) in [4.78, 5) is 18.1. The van der Waals surface area contributed by atoms with Crippen molar-refractivity contribution in [2.75, 3.05) is 11.5 Å². The van der Waals surface area contributed by atoms with Crippen LogP contribution in [0.5, 0.6) is 5.75 Å². The van der Waals surface area contributed by atoms with Crippen LogP contribution in [0.25, 0.3) is 0 Å². The van der Waals surface area contributed by atoms with Gasteiger partial charge in [0.15, 0.2) is 18.2 Å². The van der Waals surface area contributed by atoms with E-state index in [0.29, 0.717) is 17.5 Å². The molecule has 0 fully saturated rings. The first-order chi connectivity index (χ1) is 8.00. The lowest BCUT2D eigenvalue weighted by Gasteiger charge is -2.31. The molecule has 2 heterocycles. The third kappa shape index (κ3) is 2.12. The number of nitrogens with zero attached hydrogens (tertiary/aromatic N) is 2. The zero-order valence-corrected chi connectivity index (χ0v) is 10.7. The minimum Gasteiger partial charge on any atom is -0.480 e. The molecule has 0 spiro atoms. The van der Waals surface area contributed by atoms with Crippen molar-refractivity contribution < 1.29 is 9.53 Å². The number of anilines is 1. The Morgan fingerprint density at radius 1 is 1.29 bits per heavy atom. The molecule has 0 unspecified atom stereocenters. The van der Waals surface area contributed by atoms with Gasteiger partial charge in [-0.05, 0) is 31.9 Å². The van der Waals surface area contributed by atoms with E-state index in [-0.39, 0.29) is 18.6 Å². The Balaban J connectivity index is 2.48. The Kier molecular flexibility index (Phi) is 3.05. The molecule has 17 heavy (non-hydrogen) atoms. The first kappa shape index (κ1) is 11.9. The molecular weight excluding hydrogens is 216 g/mol. The van der Waals surface area contributed by atoms with Gasteiger partial charge in [-0.25, -0.2) is 4.98 Å². The Morgan fingerprint density at radius 2 is 2.00 bits per heavy atom. The molecule has 1 aromatic heterocycles. The number of ether oxygens (including phenoxy) is 1. The molecule has 92 valence electrons. The van der Waals surface area contributed by atoms with Crippen molar-refractivity contribution in [1.82, 2.24) is 4.98 Å². The van der Waals surface area contributed by atoms with Gasteiger partial charge in [-0.3, -0.25) is 9.69 Å². The van der Waals surface area contributed by atoms with Gasteiger partial charge in [0.25, 0.3) is 5.91 Å². The van der Waals surface area contributed by atoms with E-state index in [0.717, 1.165) is 5.69 Å². The van der Waals surface area contributed by atoms with Crippen LogP contribution in [0.1, 0.15) is 39.3 Å². The normalized spacial score (nSPS) is 15.2. The van der Waals surface area contributed by atoms with Crippen LogP contribution in [0.3, 0.4) is 0 Å². The van der Waals surface area contributed by atoms with Crippen molar-refractivity contribution in [1.29, 1.82) is 0 Å². The summed E-state index contributed by atoms with van der Waals surface area (Å²) in [5.41, 5.74) is 0.979. The monoisotopic (exact) mass is 234 g/mol. The summed E-state index contributed by atoms with van der Waals surface area (Å²) in [6, 6.07) is 3.96. The smallest absolute Gasteiger partial charge is 0.266 e. The summed E-state index contributed by atoms with van der Waals surface area (Å²) in [6.45, 7) is 8.24. The highest BCUT2D eigenvalue weighted by atomic mass is 16.5. The lowest BCUT2D eigenvalue weighted by atomic mass is 10.1. The van der Waals surface area contributed by atoms with Crippen LogP contribution in [0, 0.1) is 0 Å². The zero-order chi connectivity index (χ0) is 12.6. The Morgan fingerprint density at radius 3 is 2.59 bits per heavy atom. The van der Waals surface area contributed by atoms with E-state index in [1.807, 2.05) is 26.0 Å². The minimum absolute atomic E-state index is 0.0269. The Hall–Kier alpha value is -1.58. The molecule has 0 saturated carbocycles. The fraction of sp³-hybridized carbons (Fsp3) is 0.538. The molecule has 1 aliphatic heterocycles. The van der Waals surface area contributed by atoms with Gasteiger partial charge in [-0.1, -0.05) is 13.8 Å². The predicted octanol–water partition coefficient (Wildman–Crippen LogP) is 2.34. The fourth-order valence-corrected chi connectivity index (χ4v) is 1.92. The van der Waals surface area contributed by atoms with Crippen LogP contribution in [0.2, 0.25) is 0 Å². The summed E-state index contributed by atoms with van der Waals surface area (Å²) < 4.78 is 5.40. The van der Waals surface area contributed by atoms with Crippen molar-refractivity contribution >= 4 is 11.7 Å². The molecule has 0 radical (unpaired) electrons. The van der Waals surface area contributed by atoms with Crippen LogP contribution in [-0.4, -0.2) is 23.5 Å². The van der Waals surface area contributed by atoms with Gasteiger partial charge in [0.2, 0.25) is 0 Å². The van der Waals surface area contributed by atoms with E-state index in [9.17, 15) is 4.79 Å². The molecule has 0 saturated heterocycles. The topological polar surface area (TPSA) is 42.4 Å². The zero-order valence-electron chi connectivity index (χ0n) is 10.7. The highest BCUT2D eigenvalue weighted by molar-refractivity contribution is 5.97. The quantitative estimate of drug-likeness (QED) is 0.788. The molecule has 0 aromatic carbocycles. The lowest BCUT2D eigenvalue weighted by Crippen LogP contribution is -2.43. The number of rotatable bonds is 2. The van der Waals surface area contributed by atoms with Gasteiger partial charge in [0.05, 0.1) is 0 Å². The lowest BCUT2D eigenvalue weighted by molar-refractivity contribution is -0.121. The molecule has 0 N–H and O–H groups in total. The average Bonchev–Trinajstić information content (AvgIpc) is 2.27. The molecule has 2 rings (SSSR count). The van der Waals surface area contributed by atoms with Gasteiger partial charge in [0, 0.05) is 11.7 Å². The second kappa shape index (κ2) is 4.35. The van der Waals surface area contributed by atoms with Crippen LogP contribution in [0.4, 0.5) is 5.82 Å². The third-order valence-electron chi connectivity index (χ3n) is 2.82. The summed E-state index contributed by atoms with van der Waals surface area (Å²) in [5, 5.41) is 0. The second-order valence-corrected chi connectivity index (χ2v) is 4.86. The molecule has 0 atom stereocenters. The van der Waals surface area contributed by atoms with Crippen molar-refractivity contribution in [3.8, 4) is 5.75 Å². The number of aromatic nitrogens is 1. The Labute approximate surface area is 102 Å². The minimum atomic E-state index is -0.0269. The van der Waals surface area contributed by atoms with Gasteiger partial charge >= 0.3 is 0 Å². The van der Waals surface area contributed by atoms with Crippen LogP contribution in [-0.2, 0) is 4.79 Å². The number of pyridine rings is 1. The Bertz CT molecular complexity index is 441. The third-order valence-corrected chi connectivity index (χ3v) is 2.82. The van der Waals surface area contributed by atoms with Crippen molar-refractivity contribution in [3.05, 3.63) is 17.8 Å². The molecule has 1 aliphatic rings. The molecule has 0 bridgehead atoms. The summed E-state index contributed by atoms with van der Waals surface area (Å²) in [5.74, 6) is 1.66. The van der Waals surface area contributed by atoms with E-state index < -0.39 is 0 Å². The molecule has 4 heteroatoms. The van der Waals surface area contributed by atoms with Gasteiger partial charge < -0.3 is 4.74 Å². The van der Waals surface area contributed by atoms with Crippen LogP contribution < -0.4 is 9.64 Å². The SMILES string of the molecule is CC(C)c1ccc2c(n1)N(C(C)C)C(=O)CO2. The van der Waals surface area contributed by atoms with E-state index in [1.54, 1.807) is 4.90 Å². The van der Waals surface area contributed by atoms with E-state index in [2.05, 4.69) is 18.8 Å². The van der Waals surface area contributed by atoms with Crippen molar-refractivity contribution in [2.24, 2.45) is 0 Å². The highest BCUT2D eigenvalue weighted by Gasteiger charge is 2.29. The maximum Gasteiger partial charge on any atom is 0.266 e. The number of carbonyl (C=O) groups excluding carboxylic acids is 1. The number of hydrogen-bond donors (Lipinski definition) is 0. The molecule has 4 nitrogen and oxygen atoms in total. The maximum atomic E-state index is 11.8. The number of fused-ring (bicyclic) bond motifs is 1. The summed E-state index contributed by atoms with van der Waals surface area (Å²) in [6.07, 6.45) is 0. The predicted molar refractivity (Wildman–Crippen MR) is 66.4 cm³/mol. The summed E-state index contributed by atoms with van der Waals surface area (Å²) >= 11 is 0. The summed E-state index contributed by atoms with van der Waals surface area (Å²) in [7, 11) is 0. The number of carbonyl (C=O) groups is 1. The maximum absolute atomic E-state index is 11.8. The number of hydrogen-bond acceptors (Lipinski definition) is 3. The first-order valence-electron chi connectivity index (χ1n) is 5.96. The van der Waals surface area contributed by atoms with E-state index in [4.69, 9.17) is 4.74 Å². The second-order valence-electron chi connectivity index (χ2n) is 4.86. The molecule has 1 aromatic rings. The van der Waals surface area contributed by atoms with E-state index in [1.165, 1.54) is 0 Å². The van der Waals surface area contributed by atoms with Crippen LogP contribution in [0.15, 0.2) is 12.1 Å². The van der Waals surface area contributed by atoms with Crippen molar-refractivity contribution in [3.63, 3.8) is 0 Å². The largest absolute Gasteiger partial charge is 0.480 e. The first-order valence-corrected chi connectivity index (χ1v) is 5.96. The van der Waals surface area contributed by atoms with Gasteiger partial charge in [-0.2, -0.15) is 0 Å². The standard InChI is InChI=1S/C13H18N2O2/c1-8(2)10-5-6-11-13(14-10)15(9(3)4)12(16)7-17-11/h5-6,8-9H,7H2,1-4H3. The average molecular weight is 234 g/mol. The van der Waals surface area contributed by atoms with Crippen molar-refractivity contribution in [2.45, 2.75) is 39.7 Å². The highest BCUT2D eigenvalue weighted by Crippen LogP contribution is 2.32. The van der Waals surface area contributed by atoms with Gasteiger partial charge in [-0.15, -0.1) is 0 Å². The molecular formula is C13H18N2O2. The van der Waals surface area contributed by atoms with Gasteiger partial charge in [0.1, 0.15) is 0 Å².